The standard InChI is InChI=1S/C32H44O/c1-3-5-6-25-7-11-27(12-8-25)29-15-19-31(20-16-29)32-21-17-30(18-22-32)28-13-9-26(10-14-28)24-33-23-4-2/h5-6,9-10,13-14,17-18,21-22,25,27,29,31H,3-4,7-8,11-12,15-16,19-20,23-24H2,1-2H3/b6-5+. The van der Waals surface area contributed by atoms with E-state index in [-0.39, 0.29) is 0 Å². The average Bonchev–Trinajstić information content (AvgIpc) is 2.89. The Morgan fingerprint density at radius 3 is 1.88 bits per heavy atom. The molecule has 1 heteroatoms. The SMILES string of the molecule is CC/C=C/C1CCC(C2CCC(c3ccc(-c4ccc(COCCC)cc4)cc3)CC2)CC1. The molecular formula is C32H44O. The van der Waals surface area contributed by atoms with Crippen LogP contribution in [0.25, 0.3) is 11.1 Å². The van der Waals surface area contributed by atoms with Gasteiger partial charge in [-0.25, -0.2) is 0 Å². The Kier molecular flexibility index (Phi) is 9.24. The predicted molar refractivity (Wildman–Crippen MR) is 141 cm³/mol. The van der Waals surface area contributed by atoms with E-state index in [0.29, 0.717) is 6.61 Å². The van der Waals surface area contributed by atoms with Crippen molar-refractivity contribution in [3.05, 3.63) is 71.8 Å². The molecule has 178 valence electrons. The minimum atomic E-state index is 0.715. The molecule has 0 atom stereocenters. The summed E-state index contributed by atoms with van der Waals surface area (Å²) in [6.45, 7) is 5.95. The molecule has 4 rings (SSSR count). The van der Waals surface area contributed by atoms with Crippen LogP contribution in [0.4, 0.5) is 0 Å². The van der Waals surface area contributed by atoms with Crippen LogP contribution in [-0.2, 0) is 11.3 Å². The molecule has 0 aromatic heterocycles. The molecule has 0 heterocycles. The Bertz CT molecular complexity index is 831. The number of benzene rings is 2. The maximum atomic E-state index is 5.66. The van der Waals surface area contributed by atoms with Gasteiger partial charge in [-0.2, -0.15) is 0 Å². The van der Waals surface area contributed by atoms with Crippen molar-refractivity contribution in [2.24, 2.45) is 17.8 Å². The summed E-state index contributed by atoms with van der Waals surface area (Å²) >= 11 is 0. The van der Waals surface area contributed by atoms with Gasteiger partial charge in [-0.3, -0.25) is 0 Å². The third-order valence-electron chi connectivity index (χ3n) is 8.19. The second-order valence-corrected chi connectivity index (χ2v) is 10.5. The number of hydrogen-bond acceptors (Lipinski definition) is 1. The summed E-state index contributed by atoms with van der Waals surface area (Å²) in [5, 5.41) is 0. The largest absolute Gasteiger partial charge is 0.377 e. The van der Waals surface area contributed by atoms with E-state index in [1.807, 2.05) is 0 Å². The summed E-state index contributed by atoms with van der Waals surface area (Å²) in [6.07, 6.45) is 18.5. The lowest BCUT2D eigenvalue weighted by molar-refractivity contribution is 0.121. The minimum Gasteiger partial charge on any atom is -0.377 e. The maximum Gasteiger partial charge on any atom is 0.0716 e. The van der Waals surface area contributed by atoms with Gasteiger partial charge in [0, 0.05) is 6.61 Å². The summed E-state index contributed by atoms with van der Waals surface area (Å²) in [5.74, 6) is 3.60. The van der Waals surface area contributed by atoms with Gasteiger partial charge in [0.15, 0.2) is 0 Å². The molecule has 0 saturated heterocycles. The van der Waals surface area contributed by atoms with Gasteiger partial charge in [0.1, 0.15) is 0 Å². The second kappa shape index (κ2) is 12.6. The highest BCUT2D eigenvalue weighted by Gasteiger charge is 2.30. The summed E-state index contributed by atoms with van der Waals surface area (Å²) in [6, 6.07) is 18.3. The lowest BCUT2D eigenvalue weighted by Crippen LogP contribution is -2.25. The highest BCUT2D eigenvalue weighted by molar-refractivity contribution is 5.64. The molecule has 2 aromatic carbocycles. The van der Waals surface area contributed by atoms with Gasteiger partial charge >= 0.3 is 0 Å². The van der Waals surface area contributed by atoms with Crippen molar-refractivity contribution in [1.29, 1.82) is 0 Å². The first-order valence-corrected chi connectivity index (χ1v) is 13.7. The zero-order valence-electron chi connectivity index (χ0n) is 21.0. The summed E-state index contributed by atoms with van der Waals surface area (Å²) in [4.78, 5) is 0. The Morgan fingerprint density at radius 1 is 0.727 bits per heavy atom. The second-order valence-electron chi connectivity index (χ2n) is 10.5. The van der Waals surface area contributed by atoms with Crippen LogP contribution in [0.5, 0.6) is 0 Å². The van der Waals surface area contributed by atoms with Crippen LogP contribution in [0.3, 0.4) is 0 Å². The Morgan fingerprint density at radius 2 is 1.30 bits per heavy atom. The van der Waals surface area contributed by atoms with Crippen LogP contribution in [-0.4, -0.2) is 6.61 Å². The molecule has 0 radical (unpaired) electrons. The average molecular weight is 445 g/mol. The number of allylic oxidation sites excluding steroid dienone is 2. The molecule has 0 spiro atoms. The summed E-state index contributed by atoms with van der Waals surface area (Å²) in [5.41, 5.74) is 5.43. The topological polar surface area (TPSA) is 9.23 Å². The third-order valence-corrected chi connectivity index (χ3v) is 8.19. The van der Waals surface area contributed by atoms with E-state index >= 15 is 0 Å². The molecule has 2 saturated carbocycles. The van der Waals surface area contributed by atoms with Crippen molar-refractivity contribution < 1.29 is 4.74 Å². The molecule has 1 nitrogen and oxygen atoms in total. The Balaban J connectivity index is 1.25. The van der Waals surface area contributed by atoms with Crippen molar-refractivity contribution in [2.45, 2.75) is 90.6 Å². The number of ether oxygens (including phenoxy) is 1. The fourth-order valence-electron chi connectivity index (χ4n) is 6.14. The van der Waals surface area contributed by atoms with E-state index in [9.17, 15) is 0 Å². The van der Waals surface area contributed by atoms with Gasteiger partial charge in [-0.05, 0) is 110 Å². The van der Waals surface area contributed by atoms with Crippen LogP contribution in [0.2, 0.25) is 0 Å². The number of hydrogen-bond donors (Lipinski definition) is 0. The first-order chi connectivity index (χ1) is 16.3. The molecule has 0 N–H and O–H groups in total. The van der Waals surface area contributed by atoms with E-state index in [0.717, 1.165) is 36.7 Å². The van der Waals surface area contributed by atoms with Crippen LogP contribution in [0, 0.1) is 17.8 Å². The lowest BCUT2D eigenvalue weighted by Gasteiger charge is -2.37. The highest BCUT2D eigenvalue weighted by atomic mass is 16.5. The molecule has 0 unspecified atom stereocenters. The Hall–Kier alpha value is -1.86. The molecule has 2 aliphatic carbocycles. The molecule has 0 bridgehead atoms. The lowest BCUT2D eigenvalue weighted by atomic mass is 9.68. The first kappa shape index (κ1) is 24.3. The summed E-state index contributed by atoms with van der Waals surface area (Å²) in [7, 11) is 0. The maximum absolute atomic E-state index is 5.66. The fraction of sp³-hybridized carbons (Fsp3) is 0.562. The van der Waals surface area contributed by atoms with Crippen LogP contribution < -0.4 is 0 Å². The van der Waals surface area contributed by atoms with E-state index in [2.05, 4.69) is 74.5 Å². The molecular weight excluding hydrogens is 400 g/mol. The predicted octanol–water partition coefficient (Wildman–Crippen LogP) is 9.33. The highest BCUT2D eigenvalue weighted by Crippen LogP contribution is 2.44. The molecule has 2 fully saturated rings. The van der Waals surface area contributed by atoms with Gasteiger partial charge in [-0.1, -0.05) is 74.5 Å². The minimum absolute atomic E-state index is 0.715. The quantitative estimate of drug-likeness (QED) is 0.276. The molecule has 0 aliphatic heterocycles. The van der Waals surface area contributed by atoms with E-state index < -0.39 is 0 Å². The summed E-state index contributed by atoms with van der Waals surface area (Å²) < 4.78 is 5.66. The van der Waals surface area contributed by atoms with Gasteiger partial charge in [0.05, 0.1) is 6.61 Å². The molecule has 2 aromatic rings. The van der Waals surface area contributed by atoms with E-state index in [1.165, 1.54) is 74.5 Å². The zero-order valence-corrected chi connectivity index (χ0v) is 21.0. The fourth-order valence-corrected chi connectivity index (χ4v) is 6.14. The third kappa shape index (κ3) is 6.82. The van der Waals surface area contributed by atoms with Crippen molar-refractivity contribution in [2.75, 3.05) is 6.61 Å². The van der Waals surface area contributed by atoms with Crippen LogP contribution in [0.15, 0.2) is 60.7 Å². The normalized spacial score (nSPS) is 26.0. The van der Waals surface area contributed by atoms with Crippen LogP contribution >= 0.6 is 0 Å². The van der Waals surface area contributed by atoms with Gasteiger partial charge in [0.2, 0.25) is 0 Å². The Labute approximate surface area is 202 Å². The monoisotopic (exact) mass is 444 g/mol. The molecule has 2 aliphatic rings. The number of rotatable bonds is 9. The van der Waals surface area contributed by atoms with E-state index in [1.54, 1.807) is 5.56 Å². The first-order valence-electron chi connectivity index (χ1n) is 13.7. The van der Waals surface area contributed by atoms with E-state index in [4.69, 9.17) is 4.74 Å². The zero-order chi connectivity index (χ0) is 22.9. The van der Waals surface area contributed by atoms with Crippen molar-refractivity contribution in [1.82, 2.24) is 0 Å². The van der Waals surface area contributed by atoms with Gasteiger partial charge in [-0.15, -0.1) is 0 Å². The van der Waals surface area contributed by atoms with Crippen LogP contribution in [0.1, 0.15) is 95.1 Å². The van der Waals surface area contributed by atoms with Crippen molar-refractivity contribution in [3.63, 3.8) is 0 Å². The van der Waals surface area contributed by atoms with Gasteiger partial charge in [0.25, 0.3) is 0 Å². The van der Waals surface area contributed by atoms with Gasteiger partial charge < -0.3 is 4.74 Å². The van der Waals surface area contributed by atoms with Crippen molar-refractivity contribution >= 4 is 0 Å². The molecule has 33 heavy (non-hydrogen) atoms. The van der Waals surface area contributed by atoms with Crippen molar-refractivity contribution in [3.8, 4) is 11.1 Å². The smallest absolute Gasteiger partial charge is 0.0716 e. The molecule has 0 amide bonds.